The van der Waals surface area contributed by atoms with Crippen molar-refractivity contribution in [1.82, 2.24) is 10.2 Å². The Morgan fingerprint density at radius 3 is 2.89 bits per heavy atom. The highest BCUT2D eigenvalue weighted by Gasteiger charge is 2.42. The van der Waals surface area contributed by atoms with Crippen LogP contribution in [0.5, 0.6) is 0 Å². The van der Waals surface area contributed by atoms with E-state index < -0.39 is 0 Å². The molecule has 0 bridgehead atoms. The topological polar surface area (TPSA) is 50.8 Å². The first-order chi connectivity index (χ1) is 8.79. The van der Waals surface area contributed by atoms with Gasteiger partial charge in [0.2, 0.25) is 5.91 Å². The molecule has 3 fully saturated rings. The fourth-order valence-electron chi connectivity index (χ4n) is 3.26. The molecule has 1 saturated carbocycles. The Bertz CT molecular complexity index is 319. The van der Waals surface area contributed by atoms with Gasteiger partial charge < -0.3 is 19.7 Å². The van der Waals surface area contributed by atoms with Crippen molar-refractivity contribution in [2.24, 2.45) is 5.92 Å². The van der Waals surface area contributed by atoms with E-state index in [2.05, 4.69) is 10.2 Å². The maximum Gasteiger partial charge on any atom is 0.228 e. The van der Waals surface area contributed by atoms with Crippen LogP contribution in [0.3, 0.4) is 0 Å². The van der Waals surface area contributed by atoms with E-state index in [1.807, 2.05) is 0 Å². The van der Waals surface area contributed by atoms with E-state index >= 15 is 0 Å². The number of hydrogen-bond donors (Lipinski definition) is 1. The number of morpholine rings is 1. The molecule has 3 aliphatic rings. The molecule has 0 aromatic carbocycles. The maximum atomic E-state index is 12.4. The molecular formula is C13H22N2O3. The third-order valence-electron chi connectivity index (χ3n) is 4.52. The number of ether oxygens (including phenoxy) is 2. The molecule has 5 heteroatoms. The zero-order valence-corrected chi connectivity index (χ0v) is 10.9. The van der Waals surface area contributed by atoms with E-state index in [-0.39, 0.29) is 24.2 Å². The summed E-state index contributed by atoms with van der Waals surface area (Å²) in [5.74, 6) is 0.496. The summed E-state index contributed by atoms with van der Waals surface area (Å²) >= 11 is 0. The van der Waals surface area contributed by atoms with Crippen LogP contribution in [0.4, 0.5) is 0 Å². The molecule has 2 aliphatic heterocycles. The van der Waals surface area contributed by atoms with Gasteiger partial charge in [-0.3, -0.25) is 4.79 Å². The molecule has 3 unspecified atom stereocenters. The molecule has 102 valence electrons. The first-order valence-corrected chi connectivity index (χ1v) is 6.95. The van der Waals surface area contributed by atoms with Gasteiger partial charge in [-0.15, -0.1) is 0 Å². The first kappa shape index (κ1) is 12.4. The normalized spacial score (nSPS) is 36.9. The molecule has 1 amide bonds. The number of nitrogens with one attached hydrogen (secondary N) is 1. The summed E-state index contributed by atoms with van der Waals surface area (Å²) in [6.07, 6.45) is 3.48. The third kappa shape index (κ3) is 2.15. The van der Waals surface area contributed by atoms with Crippen LogP contribution in [0, 0.1) is 5.92 Å². The lowest BCUT2D eigenvalue weighted by Gasteiger charge is -2.47. The SMILES string of the molecule is COC1CCC2OCCN(C(=O)C3CNC3)C2C1. The van der Waals surface area contributed by atoms with Crippen molar-refractivity contribution in [2.45, 2.75) is 37.5 Å². The molecule has 2 heterocycles. The zero-order chi connectivity index (χ0) is 12.5. The number of hydrogen-bond acceptors (Lipinski definition) is 4. The number of carbonyl (C=O) groups excluding carboxylic acids is 1. The molecule has 5 nitrogen and oxygen atoms in total. The Hall–Kier alpha value is -0.650. The van der Waals surface area contributed by atoms with Crippen LogP contribution in [0.25, 0.3) is 0 Å². The number of fused-ring (bicyclic) bond motifs is 1. The summed E-state index contributed by atoms with van der Waals surface area (Å²) < 4.78 is 11.3. The molecule has 0 aromatic rings. The van der Waals surface area contributed by atoms with Crippen molar-refractivity contribution in [1.29, 1.82) is 0 Å². The Labute approximate surface area is 108 Å². The minimum atomic E-state index is 0.187. The van der Waals surface area contributed by atoms with E-state index in [1.165, 1.54) is 0 Å². The van der Waals surface area contributed by atoms with E-state index in [1.54, 1.807) is 7.11 Å². The van der Waals surface area contributed by atoms with Crippen LogP contribution >= 0.6 is 0 Å². The van der Waals surface area contributed by atoms with Gasteiger partial charge in [-0.25, -0.2) is 0 Å². The van der Waals surface area contributed by atoms with Crippen LogP contribution in [0.2, 0.25) is 0 Å². The van der Waals surface area contributed by atoms with Crippen molar-refractivity contribution in [3.05, 3.63) is 0 Å². The Balaban J connectivity index is 1.69. The summed E-state index contributed by atoms with van der Waals surface area (Å²) in [7, 11) is 1.76. The quantitative estimate of drug-likeness (QED) is 0.753. The zero-order valence-electron chi connectivity index (χ0n) is 10.9. The molecule has 3 rings (SSSR count). The number of rotatable bonds is 2. The largest absolute Gasteiger partial charge is 0.381 e. The van der Waals surface area contributed by atoms with Crippen LogP contribution < -0.4 is 5.32 Å². The van der Waals surface area contributed by atoms with Gasteiger partial charge >= 0.3 is 0 Å². The van der Waals surface area contributed by atoms with Crippen molar-refractivity contribution in [3.8, 4) is 0 Å². The van der Waals surface area contributed by atoms with E-state index in [0.717, 1.165) is 38.9 Å². The maximum absolute atomic E-state index is 12.4. The Morgan fingerprint density at radius 2 is 2.22 bits per heavy atom. The van der Waals surface area contributed by atoms with E-state index in [9.17, 15) is 4.79 Å². The summed E-state index contributed by atoms with van der Waals surface area (Å²) in [6, 6.07) is 0.227. The van der Waals surface area contributed by atoms with Gasteiger partial charge in [0.15, 0.2) is 0 Å². The van der Waals surface area contributed by atoms with Crippen LogP contribution in [0.15, 0.2) is 0 Å². The molecule has 3 atom stereocenters. The molecular weight excluding hydrogens is 232 g/mol. The van der Waals surface area contributed by atoms with Gasteiger partial charge in [0, 0.05) is 26.7 Å². The first-order valence-electron chi connectivity index (χ1n) is 6.95. The lowest BCUT2D eigenvalue weighted by molar-refractivity contribution is -0.160. The van der Waals surface area contributed by atoms with Crippen LogP contribution in [-0.4, -0.2) is 62.4 Å². The lowest BCUT2D eigenvalue weighted by atomic mass is 9.87. The van der Waals surface area contributed by atoms with Gasteiger partial charge in [0.25, 0.3) is 0 Å². The fourth-order valence-corrected chi connectivity index (χ4v) is 3.26. The smallest absolute Gasteiger partial charge is 0.228 e. The molecule has 0 spiro atoms. The molecule has 0 aromatic heterocycles. The summed E-state index contributed by atoms with van der Waals surface area (Å²) in [4.78, 5) is 14.5. The Morgan fingerprint density at radius 1 is 1.39 bits per heavy atom. The van der Waals surface area contributed by atoms with E-state index in [0.29, 0.717) is 12.5 Å². The molecule has 1 N–H and O–H groups in total. The van der Waals surface area contributed by atoms with Gasteiger partial charge in [-0.05, 0) is 19.3 Å². The second-order valence-electron chi connectivity index (χ2n) is 5.53. The van der Waals surface area contributed by atoms with Crippen LogP contribution in [-0.2, 0) is 14.3 Å². The Kier molecular flexibility index (Phi) is 3.54. The van der Waals surface area contributed by atoms with Crippen LogP contribution in [0.1, 0.15) is 19.3 Å². The van der Waals surface area contributed by atoms with Crippen molar-refractivity contribution in [3.63, 3.8) is 0 Å². The average molecular weight is 254 g/mol. The summed E-state index contributed by atoms with van der Waals surface area (Å²) in [5, 5.41) is 3.17. The number of carbonyl (C=O) groups is 1. The molecule has 18 heavy (non-hydrogen) atoms. The van der Waals surface area contributed by atoms with Gasteiger partial charge in [-0.1, -0.05) is 0 Å². The van der Waals surface area contributed by atoms with Gasteiger partial charge in [-0.2, -0.15) is 0 Å². The highest BCUT2D eigenvalue weighted by molar-refractivity contribution is 5.80. The number of amides is 1. The van der Waals surface area contributed by atoms with Crippen molar-refractivity contribution < 1.29 is 14.3 Å². The minimum Gasteiger partial charge on any atom is -0.381 e. The number of methoxy groups -OCH3 is 1. The van der Waals surface area contributed by atoms with Gasteiger partial charge in [0.05, 0.1) is 30.8 Å². The highest BCUT2D eigenvalue weighted by Crippen LogP contribution is 2.31. The lowest BCUT2D eigenvalue weighted by Crippen LogP contribution is -2.61. The highest BCUT2D eigenvalue weighted by atomic mass is 16.5. The predicted molar refractivity (Wildman–Crippen MR) is 66.2 cm³/mol. The van der Waals surface area contributed by atoms with Crippen molar-refractivity contribution in [2.75, 3.05) is 33.4 Å². The van der Waals surface area contributed by atoms with Gasteiger partial charge in [0.1, 0.15) is 0 Å². The second-order valence-corrected chi connectivity index (χ2v) is 5.53. The summed E-state index contributed by atoms with van der Waals surface area (Å²) in [6.45, 7) is 3.10. The second kappa shape index (κ2) is 5.15. The minimum absolute atomic E-state index is 0.187. The molecule has 2 saturated heterocycles. The molecule has 0 radical (unpaired) electrons. The standard InChI is InChI=1S/C13H22N2O3/c1-17-10-2-3-12-11(6-10)15(4-5-18-12)13(16)9-7-14-8-9/h9-12,14H,2-8H2,1H3. The monoisotopic (exact) mass is 254 g/mol. The third-order valence-corrected chi connectivity index (χ3v) is 4.52. The van der Waals surface area contributed by atoms with Crippen molar-refractivity contribution >= 4 is 5.91 Å². The van der Waals surface area contributed by atoms with E-state index in [4.69, 9.17) is 9.47 Å². The average Bonchev–Trinajstić information content (AvgIpc) is 2.35. The number of nitrogens with zero attached hydrogens (tertiary/aromatic N) is 1. The fraction of sp³-hybridized carbons (Fsp3) is 0.923. The molecule has 1 aliphatic carbocycles. The summed E-state index contributed by atoms with van der Waals surface area (Å²) in [5.41, 5.74) is 0. The predicted octanol–water partition coefficient (Wildman–Crippen LogP) is 0.000700.